The van der Waals surface area contributed by atoms with Crippen LogP contribution in [0.15, 0.2) is 36.4 Å². The first-order chi connectivity index (χ1) is 8.15. The Morgan fingerprint density at radius 2 is 1.53 bits per heavy atom. The highest BCUT2D eigenvalue weighted by Crippen LogP contribution is 2.41. The van der Waals surface area contributed by atoms with Crippen LogP contribution in [0.5, 0.6) is 5.75 Å². The third-order valence-corrected chi connectivity index (χ3v) is 3.55. The molecule has 0 amide bonds. The Labute approximate surface area is 115 Å². The van der Waals surface area contributed by atoms with Gasteiger partial charge in [0.25, 0.3) is 0 Å². The van der Waals surface area contributed by atoms with Crippen LogP contribution in [0.25, 0.3) is 11.1 Å². The molecule has 0 heterocycles. The van der Waals surface area contributed by atoms with E-state index in [-0.39, 0.29) is 0 Å². The maximum Gasteiger partial charge on any atom is 0.128 e. The van der Waals surface area contributed by atoms with Crippen molar-refractivity contribution >= 4 is 34.8 Å². The van der Waals surface area contributed by atoms with Gasteiger partial charge in [0.2, 0.25) is 0 Å². The fourth-order valence-corrected chi connectivity index (χ4v) is 2.30. The summed E-state index contributed by atoms with van der Waals surface area (Å²) in [5.74, 6) is 0.668. The second-order valence-electron chi connectivity index (χ2n) is 3.42. The lowest BCUT2D eigenvalue weighted by Crippen LogP contribution is -1.89. The molecule has 4 heteroatoms. The lowest BCUT2D eigenvalue weighted by atomic mass is 10.0. The minimum atomic E-state index is 0.473. The van der Waals surface area contributed by atoms with Crippen molar-refractivity contribution in [2.75, 3.05) is 7.11 Å². The van der Waals surface area contributed by atoms with Crippen LogP contribution in [-0.4, -0.2) is 7.11 Å². The van der Waals surface area contributed by atoms with Crippen LogP contribution < -0.4 is 4.74 Å². The summed E-state index contributed by atoms with van der Waals surface area (Å²) in [4.78, 5) is 0. The van der Waals surface area contributed by atoms with Crippen molar-refractivity contribution in [2.24, 2.45) is 0 Å². The van der Waals surface area contributed by atoms with Gasteiger partial charge in [-0.15, -0.1) is 0 Å². The summed E-state index contributed by atoms with van der Waals surface area (Å²) in [5.41, 5.74) is 1.52. The molecule has 1 nitrogen and oxygen atoms in total. The first-order valence-electron chi connectivity index (χ1n) is 4.92. The lowest BCUT2D eigenvalue weighted by Gasteiger charge is -2.12. The molecular formula is C13H9Cl3O. The maximum atomic E-state index is 6.19. The molecule has 0 fully saturated rings. The summed E-state index contributed by atoms with van der Waals surface area (Å²) in [5, 5.41) is 1.54. The molecule has 0 unspecified atom stereocenters. The molecule has 0 radical (unpaired) electrons. The van der Waals surface area contributed by atoms with Gasteiger partial charge in [-0.3, -0.25) is 0 Å². The standard InChI is InChI=1S/C13H9Cl3O/c1-17-11-7-3-5-9(14)12(11)8-4-2-6-10(15)13(8)16/h2-7H,1H3. The average Bonchev–Trinajstić information content (AvgIpc) is 2.33. The normalized spacial score (nSPS) is 10.4. The predicted octanol–water partition coefficient (Wildman–Crippen LogP) is 5.32. The molecule has 88 valence electrons. The summed E-state index contributed by atoms with van der Waals surface area (Å²) in [7, 11) is 1.59. The smallest absolute Gasteiger partial charge is 0.128 e. The van der Waals surface area contributed by atoms with E-state index in [1.165, 1.54) is 0 Å². The highest BCUT2D eigenvalue weighted by molar-refractivity contribution is 6.44. The summed E-state index contributed by atoms with van der Waals surface area (Å²) in [6.07, 6.45) is 0. The van der Waals surface area contributed by atoms with E-state index in [9.17, 15) is 0 Å². The SMILES string of the molecule is COc1cccc(Cl)c1-c1cccc(Cl)c1Cl. The van der Waals surface area contributed by atoms with E-state index in [4.69, 9.17) is 39.5 Å². The van der Waals surface area contributed by atoms with Crippen molar-refractivity contribution in [2.45, 2.75) is 0 Å². The minimum absolute atomic E-state index is 0.473. The van der Waals surface area contributed by atoms with Gasteiger partial charge >= 0.3 is 0 Å². The van der Waals surface area contributed by atoms with Gasteiger partial charge in [-0.05, 0) is 18.2 Å². The van der Waals surface area contributed by atoms with E-state index in [2.05, 4.69) is 0 Å². The van der Waals surface area contributed by atoms with Gasteiger partial charge in [0.15, 0.2) is 0 Å². The number of hydrogen-bond acceptors (Lipinski definition) is 1. The van der Waals surface area contributed by atoms with Gasteiger partial charge in [0.05, 0.1) is 22.2 Å². The van der Waals surface area contributed by atoms with Gasteiger partial charge in [-0.1, -0.05) is 53.0 Å². The van der Waals surface area contributed by atoms with Crippen LogP contribution in [0.3, 0.4) is 0 Å². The molecule has 0 aliphatic heterocycles. The van der Waals surface area contributed by atoms with Gasteiger partial charge in [-0.2, -0.15) is 0 Å². The van der Waals surface area contributed by atoms with Crippen molar-refractivity contribution in [3.8, 4) is 16.9 Å². The monoisotopic (exact) mass is 286 g/mol. The average molecular weight is 288 g/mol. The first-order valence-corrected chi connectivity index (χ1v) is 6.05. The number of ether oxygens (including phenoxy) is 1. The van der Waals surface area contributed by atoms with Crippen molar-refractivity contribution in [3.05, 3.63) is 51.5 Å². The number of hydrogen-bond donors (Lipinski definition) is 0. The maximum absolute atomic E-state index is 6.19. The van der Waals surface area contributed by atoms with Crippen LogP contribution >= 0.6 is 34.8 Å². The highest BCUT2D eigenvalue weighted by Gasteiger charge is 2.14. The van der Waals surface area contributed by atoms with E-state index in [1.807, 2.05) is 24.3 Å². The van der Waals surface area contributed by atoms with Gasteiger partial charge in [-0.25, -0.2) is 0 Å². The third-order valence-electron chi connectivity index (χ3n) is 2.42. The second kappa shape index (κ2) is 5.18. The van der Waals surface area contributed by atoms with Crippen LogP contribution in [0.4, 0.5) is 0 Å². The molecule has 17 heavy (non-hydrogen) atoms. The Morgan fingerprint density at radius 3 is 2.24 bits per heavy atom. The van der Waals surface area contributed by atoms with Crippen molar-refractivity contribution in [1.82, 2.24) is 0 Å². The van der Waals surface area contributed by atoms with Crippen LogP contribution in [0.2, 0.25) is 15.1 Å². The molecule has 2 aromatic rings. The van der Waals surface area contributed by atoms with E-state index < -0.39 is 0 Å². The Kier molecular flexibility index (Phi) is 3.82. The fourth-order valence-electron chi connectivity index (χ4n) is 1.63. The Morgan fingerprint density at radius 1 is 0.882 bits per heavy atom. The minimum Gasteiger partial charge on any atom is -0.496 e. The van der Waals surface area contributed by atoms with E-state index in [1.54, 1.807) is 19.2 Å². The first kappa shape index (κ1) is 12.6. The molecule has 0 aromatic heterocycles. The van der Waals surface area contributed by atoms with Crippen LogP contribution in [0.1, 0.15) is 0 Å². The molecule has 0 atom stereocenters. The highest BCUT2D eigenvalue weighted by atomic mass is 35.5. The molecule has 2 rings (SSSR count). The molecule has 0 spiro atoms. The topological polar surface area (TPSA) is 9.23 Å². The van der Waals surface area contributed by atoms with Gasteiger partial charge in [0, 0.05) is 11.1 Å². The summed E-state index contributed by atoms with van der Waals surface area (Å²) in [6, 6.07) is 10.9. The molecule has 0 bridgehead atoms. The summed E-state index contributed by atoms with van der Waals surface area (Å²) >= 11 is 18.4. The van der Waals surface area contributed by atoms with E-state index in [0.717, 1.165) is 11.1 Å². The van der Waals surface area contributed by atoms with Gasteiger partial charge < -0.3 is 4.74 Å². The summed E-state index contributed by atoms with van der Waals surface area (Å²) < 4.78 is 5.29. The Bertz CT molecular complexity index is 552. The largest absolute Gasteiger partial charge is 0.496 e. The number of benzene rings is 2. The number of methoxy groups -OCH3 is 1. The van der Waals surface area contributed by atoms with Crippen molar-refractivity contribution in [1.29, 1.82) is 0 Å². The molecule has 0 saturated carbocycles. The second-order valence-corrected chi connectivity index (χ2v) is 4.61. The van der Waals surface area contributed by atoms with E-state index >= 15 is 0 Å². The molecule has 2 aromatic carbocycles. The van der Waals surface area contributed by atoms with Crippen LogP contribution in [0, 0.1) is 0 Å². The quantitative estimate of drug-likeness (QED) is 0.726. The van der Waals surface area contributed by atoms with Crippen LogP contribution in [-0.2, 0) is 0 Å². The third kappa shape index (κ3) is 2.37. The molecule has 0 N–H and O–H groups in total. The van der Waals surface area contributed by atoms with Crippen molar-refractivity contribution < 1.29 is 4.74 Å². The predicted molar refractivity (Wildman–Crippen MR) is 73.5 cm³/mol. The lowest BCUT2D eigenvalue weighted by molar-refractivity contribution is 0.416. The zero-order chi connectivity index (χ0) is 12.4. The molecular weight excluding hydrogens is 279 g/mol. The molecule has 0 aliphatic rings. The fraction of sp³-hybridized carbons (Fsp3) is 0.0769. The number of rotatable bonds is 2. The summed E-state index contributed by atoms with van der Waals surface area (Å²) in [6.45, 7) is 0. The zero-order valence-electron chi connectivity index (χ0n) is 9.01. The Hall–Kier alpha value is -0.890. The Balaban J connectivity index is 2.72. The van der Waals surface area contributed by atoms with Crippen molar-refractivity contribution in [3.63, 3.8) is 0 Å². The molecule has 0 saturated heterocycles. The van der Waals surface area contributed by atoms with Gasteiger partial charge in [0.1, 0.15) is 5.75 Å². The molecule has 0 aliphatic carbocycles. The van der Waals surface area contributed by atoms with E-state index in [0.29, 0.717) is 20.8 Å². The number of halogens is 3. The zero-order valence-corrected chi connectivity index (χ0v) is 11.3.